The van der Waals surface area contributed by atoms with Crippen LogP contribution in [-0.2, 0) is 5.54 Å². The van der Waals surface area contributed by atoms with Crippen LogP contribution in [0, 0.1) is 11.8 Å². The maximum atomic E-state index is 5.18. The van der Waals surface area contributed by atoms with Gasteiger partial charge in [-0.2, -0.15) is 5.10 Å². The van der Waals surface area contributed by atoms with E-state index < -0.39 is 5.54 Å². The molecule has 0 aliphatic heterocycles. The maximum Gasteiger partial charge on any atom is 0.154 e. The molecule has 1 saturated carbocycles. The SMILES string of the molecule is CCC1C(CC)C1c1ncn(C(c2ccccc2)(c2ccccc2)c2ccccc2)n1. The smallest absolute Gasteiger partial charge is 0.154 e. The van der Waals surface area contributed by atoms with Crippen LogP contribution in [0.3, 0.4) is 0 Å². The summed E-state index contributed by atoms with van der Waals surface area (Å²) in [7, 11) is 0. The number of hydrogen-bond donors (Lipinski definition) is 0. The second kappa shape index (κ2) is 8.14. The van der Waals surface area contributed by atoms with E-state index in [9.17, 15) is 0 Å². The molecule has 0 saturated heterocycles. The molecule has 1 aromatic heterocycles. The molecule has 4 aromatic rings. The van der Waals surface area contributed by atoms with Crippen molar-refractivity contribution in [1.29, 1.82) is 0 Å². The van der Waals surface area contributed by atoms with Gasteiger partial charge in [-0.15, -0.1) is 0 Å². The molecule has 0 amide bonds. The largest absolute Gasteiger partial charge is 0.233 e. The van der Waals surface area contributed by atoms with Crippen molar-refractivity contribution in [1.82, 2.24) is 14.8 Å². The van der Waals surface area contributed by atoms with Gasteiger partial charge in [-0.3, -0.25) is 0 Å². The Hall–Kier alpha value is -3.20. The van der Waals surface area contributed by atoms with E-state index in [0.29, 0.717) is 17.8 Å². The Labute approximate surface area is 184 Å². The van der Waals surface area contributed by atoms with Crippen molar-refractivity contribution in [2.24, 2.45) is 11.8 Å². The fourth-order valence-electron chi connectivity index (χ4n) is 5.47. The number of aromatic nitrogens is 3. The quantitative estimate of drug-likeness (QED) is 0.338. The second-order valence-electron chi connectivity index (χ2n) is 8.53. The fraction of sp³-hybridized carbons (Fsp3) is 0.286. The highest BCUT2D eigenvalue weighted by molar-refractivity contribution is 5.50. The molecular weight excluding hydrogens is 378 g/mol. The highest BCUT2D eigenvalue weighted by Gasteiger charge is 2.51. The van der Waals surface area contributed by atoms with Crippen molar-refractivity contribution in [3.63, 3.8) is 0 Å². The molecule has 2 atom stereocenters. The van der Waals surface area contributed by atoms with Crippen LogP contribution >= 0.6 is 0 Å². The minimum Gasteiger partial charge on any atom is -0.233 e. The molecule has 0 N–H and O–H groups in total. The zero-order chi connectivity index (χ0) is 21.3. The first kappa shape index (κ1) is 19.7. The molecule has 2 unspecified atom stereocenters. The highest BCUT2D eigenvalue weighted by atomic mass is 15.4. The minimum absolute atomic E-state index is 0.483. The summed E-state index contributed by atoms with van der Waals surface area (Å²) in [5.74, 6) is 2.89. The van der Waals surface area contributed by atoms with Crippen molar-refractivity contribution in [3.05, 3.63) is 120 Å². The molecule has 1 fully saturated rings. The van der Waals surface area contributed by atoms with Gasteiger partial charge in [0.2, 0.25) is 0 Å². The van der Waals surface area contributed by atoms with Crippen LogP contribution in [0.25, 0.3) is 0 Å². The number of hydrogen-bond acceptors (Lipinski definition) is 2. The molecule has 0 radical (unpaired) electrons. The lowest BCUT2D eigenvalue weighted by atomic mass is 9.77. The van der Waals surface area contributed by atoms with Crippen molar-refractivity contribution in [2.75, 3.05) is 0 Å². The lowest BCUT2D eigenvalue weighted by Gasteiger charge is -2.35. The van der Waals surface area contributed by atoms with Gasteiger partial charge in [0.15, 0.2) is 5.82 Å². The van der Waals surface area contributed by atoms with Gasteiger partial charge in [-0.05, 0) is 28.5 Å². The lowest BCUT2D eigenvalue weighted by Crippen LogP contribution is -2.38. The summed E-state index contributed by atoms with van der Waals surface area (Å²) >= 11 is 0. The number of nitrogens with zero attached hydrogens (tertiary/aromatic N) is 3. The molecule has 31 heavy (non-hydrogen) atoms. The van der Waals surface area contributed by atoms with Crippen molar-refractivity contribution < 1.29 is 0 Å². The van der Waals surface area contributed by atoms with E-state index >= 15 is 0 Å². The molecule has 3 nitrogen and oxygen atoms in total. The first-order valence-electron chi connectivity index (χ1n) is 11.4. The summed E-state index contributed by atoms with van der Waals surface area (Å²) in [5, 5.41) is 5.18. The van der Waals surface area contributed by atoms with Gasteiger partial charge >= 0.3 is 0 Å². The third-order valence-corrected chi connectivity index (χ3v) is 7.00. The van der Waals surface area contributed by atoms with Gasteiger partial charge in [-0.25, -0.2) is 9.67 Å². The topological polar surface area (TPSA) is 30.7 Å². The Bertz CT molecular complexity index is 1010. The van der Waals surface area contributed by atoms with Crippen LogP contribution in [0.1, 0.15) is 55.1 Å². The first-order valence-corrected chi connectivity index (χ1v) is 11.4. The average Bonchev–Trinajstić information content (AvgIpc) is 3.36. The molecule has 156 valence electrons. The molecular formula is C28H29N3. The monoisotopic (exact) mass is 407 g/mol. The molecule has 5 rings (SSSR count). The van der Waals surface area contributed by atoms with Crippen LogP contribution in [0.4, 0.5) is 0 Å². The van der Waals surface area contributed by atoms with Gasteiger partial charge in [-0.1, -0.05) is 118 Å². The predicted octanol–water partition coefficient (Wildman–Crippen LogP) is 6.27. The van der Waals surface area contributed by atoms with Crippen LogP contribution in [0.2, 0.25) is 0 Å². The zero-order valence-corrected chi connectivity index (χ0v) is 18.2. The Morgan fingerprint density at radius 1 is 0.677 bits per heavy atom. The van der Waals surface area contributed by atoms with E-state index in [0.717, 1.165) is 5.82 Å². The molecule has 1 heterocycles. The van der Waals surface area contributed by atoms with E-state index in [2.05, 4.69) is 110 Å². The summed E-state index contributed by atoms with van der Waals surface area (Å²) in [4.78, 5) is 4.87. The second-order valence-corrected chi connectivity index (χ2v) is 8.53. The maximum absolute atomic E-state index is 5.18. The third kappa shape index (κ3) is 3.20. The Kier molecular flexibility index (Phi) is 5.19. The summed E-state index contributed by atoms with van der Waals surface area (Å²) in [6, 6.07) is 32.0. The van der Waals surface area contributed by atoms with Crippen molar-refractivity contribution in [3.8, 4) is 0 Å². The zero-order valence-electron chi connectivity index (χ0n) is 18.2. The molecule has 0 bridgehead atoms. The van der Waals surface area contributed by atoms with E-state index in [4.69, 9.17) is 10.1 Å². The third-order valence-electron chi connectivity index (χ3n) is 7.00. The van der Waals surface area contributed by atoms with E-state index in [-0.39, 0.29) is 0 Å². The van der Waals surface area contributed by atoms with Crippen LogP contribution < -0.4 is 0 Å². The minimum atomic E-state index is -0.576. The molecule has 1 aliphatic carbocycles. The number of rotatable bonds is 7. The van der Waals surface area contributed by atoms with Crippen LogP contribution in [0.5, 0.6) is 0 Å². The molecule has 0 spiro atoms. The Morgan fingerprint density at radius 3 is 1.48 bits per heavy atom. The van der Waals surface area contributed by atoms with Crippen LogP contribution in [0.15, 0.2) is 97.3 Å². The lowest BCUT2D eigenvalue weighted by molar-refractivity contribution is 0.454. The van der Waals surface area contributed by atoms with Crippen molar-refractivity contribution >= 4 is 0 Å². The van der Waals surface area contributed by atoms with Gasteiger partial charge in [0.05, 0.1) is 0 Å². The predicted molar refractivity (Wildman–Crippen MR) is 125 cm³/mol. The first-order chi connectivity index (χ1) is 15.3. The Morgan fingerprint density at radius 2 is 1.10 bits per heavy atom. The van der Waals surface area contributed by atoms with E-state index in [1.54, 1.807) is 0 Å². The van der Waals surface area contributed by atoms with Gasteiger partial charge in [0.25, 0.3) is 0 Å². The van der Waals surface area contributed by atoms with Gasteiger partial charge < -0.3 is 0 Å². The van der Waals surface area contributed by atoms with E-state index in [1.807, 2.05) is 6.33 Å². The van der Waals surface area contributed by atoms with Gasteiger partial charge in [0, 0.05) is 5.92 Å². The van der Waals surface area contributed by atoms with Crippen LogP contribution in [-0.4, -0.2) is 14.8 Å². The van der Waals surface area contributed by atoms with Gasteiger partial charge in [0.1, 0.15) is 11.9 Å². The number of benzene rings is 3. The van der Waals surface area contributed by atoms with E-state index in [1.165, 1.54) is 29.5 Å². The molecule has 3 aromatic carbocycles. The average molecular weight is 408 g/mol. The highest BCUT2D eigenvalue weighted by Crippen LogP contribution is 2.56. The fourth-order valence-corrected chi connectivity index (χ4v) is 5.47. The summed E-state index contributed by atoms with van der Waals surface area (Å²) in [5.41, 5.74) is 2.96. The Balaban J connectivity index is 1.74. The van der Waals surface area contributed by atoms with Crippen molar-refractivity contribution in [2.45, 2.75) is 38.1 Å². The standard InChI is InChI=1S/C28H29N3/c1-3-24-25(4-2)26(24)27-29-20-31(30-27)28(21-14-8-5-9-15-21,22-16-10-6-11-17-22)23-18-12-7-13-19-23/h5-20,24-26H,3-4H2,1-2H3. The molecule has 1 aliphatic rings. The summed E-state index contributed by atoms with van der Waals surface area (Å²) < 4.78 is 2.10. The molecule has 3 heteroatoms. The summed E-state index contributed by atoms with van der Waals surface area (Å²) in [6.45, 7) is 4.57. The normalized spacial score (nSPS) is 20.5. The summed E-state index contributed by atoms with van der Waals surface area (Å²) in [6.07, 6.45) is 4.33.